The van der Waals surface area contributed by atoms with E-state index in [4.69, 9.17) is 16.3 Å². The molecular weight excluding hydrogens is 490 g/mol. The van der Waals surface area contributed by atoms with Gasteiger partial charge < -0.3 is 10.1 Å². The summed E-state index contributed by atoms with van der Waals surface area (Å²) >= 11 is 9.03. The molecule has 4 rings (SSSR count). The quantitative estimate of drug-likeness (QED) is 0.409. The Balaban J connectivity index is 1.54. The zero-order valence-corrected chi connectivity index (χ0v) is 20.9. The van der Waals surface area contributed by atoms with E-state index < -0.39 is 0 Å². The van der Waals surface area contributed by atoms with E-state index in [0.717, 1.165) is 10.4 Å². The van der Waals surface area contributed by atoms with Crippen LogP contribution in [0.3, 0.4) is 0 Å². The molecule has 1 aliphatic rings. The van der Waals surface area contributed by atoms with E-state index in [0.29, 0.717) is 27.3 Å². The van der Waals surface area contributed by atoms with E-state index in [1.807, 2.05) is 54.8 Å². The van der Waals surface area contributed by atoms with Crippen LogP contribution in [-0.4, -0.2) is 29.8 Å². The molecule has 1 aliphatic heterocycles. The van der Waals surface area contributed by atoms with Gasteiger partial charge in [-0.25, -0.2) is 4.99 Å². The number of carbonyl (C=O) groups is 2. The highest BCUT2D eigenvalue weighted by Crippen LogP contribution is 2.34. The zero-order chi connectivity index (χ0) is 24.1. The normalized spacial score (nSPS) is 15.4. The number of nitrogens with zero attached hydrogens (tertiary/aromatic N) is 2. The third kappa shape index (κ3) is 5.52. The van der Waals surface area contributed by atoms with E-state index >= 15 is 0 Å². The molecule has 34 heavy (non-hydrogen) atoms. The van der Waals surface area contributed by atoms with E-state index in [1.54, 1.807) is 24.3 Å². The number of anilines is 1. The zero-order valence-electron chi connectivity index (χ0n) is 18.5. The molecule has 0 radical (unpaired) electrons. The van der Waals surface area contributed by atoms with Crippen molar-refractivity contribution < 1.29 is 14.3 Å². The van der Waals surface area contributed by atoms with Crippen LogP contribution >= 0.6 is 34.7 Å². The topological polar surface area (TPSA) is 71.0 Å². The van der Waals surface area contributed by atoms with Crippen molar-refractivity contribution in [1.82, 2.24) is 5.32 Å². The third-order valence-corrected chi connectivity index (χ3v) is 7.11. The molecule has 1 atom stereocenters. The van der Waals surface area contributed by atoms with Crippen molar-refractivity contribution in [2.45, 2.75) is 13.0 Å². The molecule has 0 aliphatic carbocycles. The summed E-state index contributed by atoms with van der Waals surface area (Å²) in [5, 5.41) is 5.71. The van der Waals surface area contributed by atoms with Gasteiger partial charge in [-0.3, -0.25) is 14.5 Å². The van der Waals surface area contributed by atoms with Gasteiger partial charge in [0.15, 0.2) is 5.17 Å². The molecule has 1 aromatic heterocycles. The summed E-state index contributed by atoms with van der Waals surface area (Å²) in [5.74, 6) is 0.178. The molecule has 2 heterocycles. The highest BCUT2D eigenvalue weighted by atomic mass is 35.5. The SMILES string of the molecule is COc1ccc(N2C(=O)/C(=C/c3cccs3)N=C2SCC(=O)N[C@@H](C)c2ccccc2)cc1Cl. The summed E-state index contributed by atoms with van der Waals surface area (Å²) in [6.07, 6.45) is 1.75. The Morgan fingerprint density at radius 1 is 1.24 bits per heavy atom. The Labute approximate surface area is 211 Å². The van der Waals surface area contributed by atoms with Gasteiger partial charge in [0, 0.05) is 4.88 Å². The monoisotopic (exact) mass is 511 g/mol. The van der Waals surface area contributed by atoms with Crippen LogP contribution in [0.1, 0.15) is 23.4 Å². The van der Waals surface area contributed by atoms with Crippen molar-refractivity contribution >= 4 is 63.4 Å². The predicted molar refractivity (Wildman–Crippen MR) is 141 cm³/mol. The second-order valence-electron chi connectivity index (χ2n) is 7.39. The van der Waals surface area contributed by atoms with Gasteiger partial charge >= 0.3 is 0 Å². The molecule has 0 unspecified atom stereocenters. The van der Waals surface area contributed by atoms with Crippen LogP contribution in [0, 0.1) is 0 Å². The van der Waals surface area contributed by atoms with Crippen LogP contribution in [0.2, 0.25) is 5.02 Å². The number of nitrogens with one attached hydrogen (secondary N) is 1. The average molecular weight is 512 g/mol. The van der Waals surface area contributed by atoms with Gasteiger partial charge in [0.1, 0.15) is 11.4 Å². The lowest BCUT2D eigenvalue weighted by Crippen LogP contribution is -2.33. The Bertz CT molecular complexity index is 1240. The first-order valence-electron chi connectivity index (χ1n) is 10.4. The molecule has 0 saturated heterocycles. The minimum absolute atomic E-state index is 0.107. The lowest BCUT2D eigenvalue weighted by Gasteiger charge is -2.19. The second-order valence-corrected chi connectivity index (χ2v) is 9.72. The van der Waals surface area contributed by atoms with Gasteiger partial charge in [0.2, 0.25) is 5.91 Å². The smallest absolute Gasteiger partial charge is 0.283 e. The molecule has 1 N–H and O–H groups in total. The van der Waals surface area contributed by atoms with E-state index in [2.05, 4.69) is 10.3 Å². The van der Waals surface area contributed by atoms with Gasteiger partial charge in [-0.1, -0.05) is 59.8 Å². The number of carbonyl (C=O) groups excluding carboxylic acids is 2. The summed E-state index contributed by atoms with van der Waals surface area (Å²) in [5.41, 5.74) is 1.87. The fourth-order valence-corrected chi connectivity index (χ4v) is 5.09. The second kappa shape index (κ2) is 10.9. The molecule has 2 amide bonds. The van der Waals surface area contributed by atoms with Crippen molar-refractivity contribution in [3.05, 3.63) is 87.2 Å². The molecule has 3 aromatic rings. The maximum Gasteiger partial charge on any atom is 0.283 e. The lowest BCUT2D eigenvalue weighted by atomic mass is 10.1. The molecule has 0 saturated carbocycles. The van der Waals surface area contributed by atoms with Crippen molar-refractivity contribution in [1.29, 1.82) is 0 Å². The number of amides is 2. The average Bonchev–Trinajstić information content (AvgIpc) is 3.46. The van der Waals surface area contributed by atoms with Crippen molar-refractivity contribution in [2.75, 3.05) is 17.8 Å². The van der Waals surface area contributed by atoms with Crippen molar-refractivity contribution in [3.8, 4) is 5.75 Å². The molecular formula is C25H22ClN3O3S2. The number of hydrogen-bond acceptors (Lipinski definition) is 6. The number of thiophene rings is 1. The summed E-state index contributed by atoms with van der Waals surface area (Å²) in [6.45, 7) is 1.93. The first-order valence-corrected chi connectivity index (χ1v) is 12.7. The van der Waals surface area contributed by atoms with Crippen molar-refractivity contribution in [2.24, 2.45) is 4.99 Å². The molecule has 0 spiro atoms. The number of methoxy groups -OCH3 is 1. The van der Waals surface area contributed by atoms with Gasteiger partial charge in [-0.05, 0) is 48.2 Å². The fourth-order valence-electron chi connectivity index (χ4n) is 3.36. The predicted octanol–water partition coefficient (Wildman–Crippen LogP) is 5.76. The maximum atomic E-state index is 13.3. The van der Waals surface area contributed by atoms with Crippen LogP contribution < -0.4 is 15.0 Å². The highest BCUT2D eigenvalue weighted by molar-refractivity contribution is 8.14. The fraction of sp³-hybridized carbons (Fsp3) is 0.160. The number of hydrogen-bond donors (Lipinski definition) is 1. The minimum atomic E-state index is -0.282. The van der Waals surface area contributed by atoms with Gasteiger partial charge in [-0.15, -0.1) is 11.3 Å². The van der Waals surface area contributed by atoms with Crippen molar-refractivity contribution in [3.63, 3.8) is 0 Å². The summed E-state index contributed by atoms with van der Waals surface area (Å²) < 4.78 is 5.23. The maximum absolute atomic E-state index is 13.3. The molecule has 0 bridgehead atoms. The standard InChI is InChI=1S/C25H22ClN3O3S2/c1-16(17-7-4-3-5-8-17)27-23(30)15-34-25-28-21(14-19-9-6-12-33-19)24(31)29(25)18-10-11-22(32-2)20(26)13-18/h3-14,16H,15H2,1-2H3,(H,27,30)/b21-14-/t16-/m0/s1. The van der Waals surface area contributed by atoms with Crippen LogP contribution in [-0.2, 0) is 9.59 Å². The molecule has 9 heteroatoms. The van der Waals surface area contributed by atoms with Gasteiger partial charge in [0.25, 0.3) is 5.91 Å². The van der Waals surface area contributed by atoms with E-state index in [9.17, 15) is 9.59 Å². The van der Waals surface area contributed by atoms with Crippen LogP contribution in [0.4, 0.5) is 5.69 Å². The number of amidine groups is 1. The van der Waals surface area contributed by atoms with Gasteiger partial charge in [0.05, 0.1) is 29.6 Å². The Hall–Kier alpha value is -3.07. The molecule has 2 aromatic carbocycles. The van der Waals surface area contributed by atoms with E-state index in [-0.39, 0.29) is 23.6 Å². The summed E-state index contributed by atoms with van der Waals surface area (Å²) in [7, 11) is 1.53. The Kier molecular flexibility index (Phi) is 7.72. The summed E-state index contributed by atoms with van der Waals surface area (Å²) in [4.78, 5) is 32.9. The molecule has 6 nitrogen and oxygen atoms in total. The molecule has 174 valence electrons. The number of rotatable bonds is 7. The van der Waals surface area contributed by atoms with Crippen LogP contribution in [0.25, 0.3) is 6.08 Å². The largest absolute Gasteiger partial charge is 0.495 e. The third-order valence-electron chi connectivity index (χ3n) is 5.05. The minimum Gasteiger partial charge on any atom is -0.495 e. The number of thioether (sulfide) groups is 1. The van der Waals surface area contributed by atoms with E-state index in [1.165, 1.54) is 35.1 Å². The van der Waals surface area contributed by atoms with Crippen LogP contribution in [0.15, 0.2) is 76.7 Å². The van der Waals surface area contributed by atoms with Gasteiger partial charge in [-0.2, -0.15) is 0 Å². The highest BCUT2D eigenvalue weighted by Gasteiger charge is 2.33. The molecule has 0 fully saturated rings. The number of benzene rings is 2. The number of ether oxygens (including phenoxy) is 1. The Morgan fingerprint density at radius 3 is 2.71 bits per heavy atom. The number of halogens is 1. The lowest BCUT2D eigenvalue weighted by molar-refractivity contribution is -0.119. The first kappa shape index (κ1) is 24.1. The van der Waals surface area contributed by atoms with Crippen LogP contribution in [0.5, 0.6) is 5.75 Å². The summed E-state index contributed by atoms with van der Waals surface area (Å²) in [6, 6.07) is 18.5. The Morgan fingerprint density at radius 2 is 2.03 bits per heavy atom. The number of aliphatic imine (C=N–C) groups is 1. The first-order chi connectivity index (χ1) is 16.5.